The third kappa shape index (κ3) is 1.94. The van der Waals surface area contributed by atoms with Gasteiger partial charge in [-0.05, 0) is 42.5 Å². The first kappa shape index (κ1) is 9.22. The molecule has 1 unspecified atom stereocenters. The van der Waals surface area contributed by atoms with Crippen molar-refractivity contribution in [3.05, 3.63) is 33.8 Å². The summed E-state index contributed by atoms with van der Waals surface area (Å²) in [6, 6.07) is 6.72. The highest BCUT2D eigenvalue weighted by atomic mass is 79.9. The first-order valence-electron chi connectivity index (χ1n) is 4.81. The molecule has 13 heavy (non-hydrogen) atoms. The van der Waals surface area contributed by atoms with Gasteiger partial charge in [0.15, 0.2) is 0 Å². The topological polar surface area (TPSA) is 26.0 Å². The SMILES string of the molecule is NC1CCCCc2ccc(Br)cc21. The maximum absolute atomic E-state index is 6.09. The number of aryl methyl sites for hydroxylation is 1. The van der Waals surface area contributed by atoms with Crippen molar-refractivity contribution in [2.45, 2.75) is 31.7 Å². The van der Waals surface area contributed by atoms with E-state index in [9.17, 15) is 0 Å². The molecule has 2 rings (SSSR count). The fourth-order valence-corrected chi connectivity index (χ4v) is 2.35. The van der Waals surface area contributed by atoms with Crippen LogP contribution >= 0.6 is 15.9 Å². The molecular weight excluding hydrogens is 226 g/mol. The predicted molar refractivity (Wildman–Crippen MR) is 58.6 cm³/mol. The van der Waals surface area contributed by atoms with Crippen molar-refractivity contribution in [2.75, 3.05) is 0 Å². The Balaban J connectivity index is 2.43. The van der Waals surface area contributed by atoms with Crippen LogP contribution in [-0.4, -0.2) is 0 Å². The van der Waals surface area contributed by atoms with E-state index < -0.39 is 0 Å². The minimum absolute atomic E-state index is 0.245. The van der Waals surface area contributed by atoms with E-state index in [1.54, 1.807) is 0 Å². The van der Waals surface area contributed by atoms with Crippen LogP contribution in [-0.2, 0) is 6.42 Å². The van der Waals surface area contributed by atoms with Crippen LogP contribution in [0.15, 0.2) is 22.7 Å². The molecule has 0 spiro atoms. The molecule has 0 radical (unpaired) electrons. The zero-order chi connectivity index (χ0) is 9.26. The van der Waals surface area contributed by atoms with Crippen LogP contribution < -0.4 is 5.73 Å². The van der Waals surface area contributed by atoms with Gasteiger partial charge in [0.2, 0.25) is 0 Å². The highest BCUT2D eigenvalue weighted by Gasteiger charge is 2.14. The molecule has 0 heterocycles. The Kier molecular flexibility index (Phi) is 2.70. The van der Waals surface area contributed by atoms with Gasteiger partial charge in [0, 0.05) is 10.5 Å². The van der Waals surface area contributed by atoms with Crippen molar-refractivity contribution < 1.29 is 0 Å². The first-order valence-corrected chi connectivity index (χ1v) is 5.60. The van der Waals surface area contributed by atoms with Crippen LogP contribution in [0, 0.1) is 0 Å². The van der Waals surface area contributed by atoms with Crippen molar-refractivity contribution in [1.29, 1.82) is 0 Å². The van der Waals surface area contributed by atoms with Crippen LogP contribution in [0.3, 0.4) is 0 Å². The molecule has 1 nitrogen and oxygen atoms in total. The third-order valence-electron chi connectivity index (χ3n) is 2.72. The number of hydrogen-bond donors (Lipinski definition) is 1. The van der Waals surface area contributed by atoms with Gasteiger partial charge in [0.05, 0.1) is 0 Å². The molecule has 0 bridgehead atoms. The number of fused-ring (bicyclic) bond motifs is 1. The summed E-state index contributed by atoms with van der Waals surface area (Å²) in [5, 5.41) is 0. The quantitative estimate of drug-likeness (QED) is 0.692. The molecule has 0 saturated carbocycles. The summed E-state index contributed by atoms with van der Waals surface area (Å²) in [6.45, 7) is 0. The molecule has 2 heteroatoms. The fraction of sp³-hybridized carbons (Fsp3) is 0.455. The molecule has 70 valence electrons. The molecule has 0 aromatic heterocycles. The monoisotopic (exact) mass is 239 g/mol. The van der Waals surface area contributed by atoms with Crippen molar-refractivity contribution in [3.63, 3.8) is 0 Å². The van der Waals surface area contributed by atoms with Crippen LogP contribution in [0.2, 0.25) is 0 Å². The Hall–Kier alpha value is -0.340. The van der Waals surface area contributed by atoms with Gasteiger partial charge >= 0.3 is 0 Å². The Morgan fingerprint density at radius 1 is 1.31 bits per heavy atom. The lowest BCUT2D eigenvalue weighted by molar-refractivity contribution is 0.615. The summed E-state index contributed by atoms with van der Waals surface area (Å²) < 4.78 is 1.14. The van der Waals surface area contributed by atoms with E-state index in [4.69, 9.17) is 5.73 Å². The van der Waals surface area contributed by atoms with Gasteiger partial charge in [0.25, 0.3) is 0 Å². The zero-order valence-corrected chi connectivity index (χ0v) is 9.18. The highest BCUT2D eigenvalue weighted by Crippen LogP contribution is 2.29. The standard InChI is InChI=1S/C11H14BrN/c12-9-6-5-8-3-1-2-4-11(13)10(8)7-9/h5-7,11H,1-4,13H2. The highest BCUT2D eigenvalue weighted by molar-refractivity contribution is 9.10. The maximum atomic E-state index is 6.09. The molecular formula is C11H14BrN. The molecule has 1 aliphatic rings. The molecule has 1 aromatic carbocycles. The average Bonchev–Trinajstić information content (AvgIpc) is 2.29. The molecule has 0 saturated heterocycles. The van der Waals surface area contributed by atoms with Crippen molar-refractivity contribution >= 4 is 15.9 Å². The van der Waals surface area contributed by atoms with E-state index in [1.165, 1.54) is 30.4 Å². The summed E-state index contributed by atoms with van der Waals surface area (Å²) in [6.07, 6.45) is 4.86. The summed E-state index contributed by atoms with van der Waals surface area (Å²) in [4.78, 5) is 0. The molecule has 1 aliphatic carbocycles. The number of hydrogen-bond acceptors (Lipinski definition) is 1. The van der Waals surface area contributed by atoms with E-state index >= 15 is 0 Å². The maximum Gasteiger partial charge on any atom is 0.0297 e. The Bertz CT molecular complexity index is 309. The van der Waals surface area contributed by atoms with Gasteiger partial charge < -0.3 is 5.73 Å². The lowest BCUT2D eigenvalue weighted by atomic mass is 10.0. The molecule has 2 N–H and O–H groups in total. The lowest BCUT2D eigenvalue weighted by Gasteiger charge is -2.12. The Morgan fingerprint density at radius 2 is 2.15 bits per heavy atom. The van der Waals surface area contributed by atoms with E-state index in [0.717, 1.165) is 10.9 Å². The van der Waals surface area contributed by atoms with Crippen molar-refractivity contribution in [3.8, 4) is 0 Å². The summed E-state index contributed by atoms with van der Waals surface area (Å²) in [5.41, 5.74) is 8.87. The van der Waals surface area contributed by atoms with Gasteiger partial charge in [-0.15, -0.1) is 0 Å². The number of rotatable bonds is 0. The largest absolute Gasteiger partial charge is 0.324 e. The Morgan fingerprint density at radius 3 is 3.00 bits per heavy atom. The Labute approximate surface area is 87.5 Å². The second-order valence-corrected chi connectivity index (χ2v) is 4.61. The van der Waals surface area contributed by atoms with Gasteiger partial charge in [-0.3, -0.25) is 0 Å². The van der Waals surface area contributed by atoms with E-state index in [-0.39, 0.29) is 6.04 Å². The second kappa shape index (κ2) is 3.81. The van der Waals surface area contributed by atoms with E-state index in [2.05, 4.69) is 34.1 Å². The van der Waals surface area contributed by atoms with Crippen LogP contribution in [0.4, 0.5) is 0 Å². The summed E-state index contributed by atoms with van der Waals surface area (Å²) in [7, 11) is 0. The van der Waals surface area contributed by atoms with Gasteiger partial charge in [-0.1, -0.05) is 28.4 Å². The summed E-state index contributed by atoms with van der Waals surface area (Å²) >= 11 is 3.49. The van der Waals surface area contributed by atoms with Gasteiger partial charge in [-0.25, -0.2) is 0 Å². The van der Waals surface area contributed by atoms with Crippen LogP contribution in [0.1, 0.15) is 36.4 Å². The predicted octanol–water partition coefficient (Wildman–Crippen LogP) is 3.18. The normalized spacial score (nSPS) is 22.2. The van der Waals surface area contributed by atoms with Crippen LogP contribution in [0.5, 0.6) is 0 Å². The minimum Gasteiger partial charge on any atom is -0.324 e. The lowest BCUT2D eigenvalue weighted by Crippen LogP contribution is -2.10. The molecule has 1 aromatic rings. The van der Waals surface area contributed by atoms with Crippen molar-refractivity contribution in [2.24, 2.45) is 5.73 Å². The number of benzene rings is 1. The number of halogens is 1. The smallest absolute Gasteiger partial charge is 0.0297 e. The molecule has 0 aliphatic heterocycles. The number of nitrogens with two attached hydrogens (primary N) is 1. The van der Waals surface area contributed by atoms with Gasteiger partial charge in [0.1, 0.15) is 0 Å². The minimum atomic E-state index is 0.245. The molecule has 0 fully saturated rings. The average molecular weight is 240 g/mol. The van der Waals surface area contributed by atoms with E-state index in [1.807, 2.05) is 0 Å². The summed E-state index contributed by atoms with van der Waals surface area (Å²) in [5.74, 6) is 0. The molecule has 0 amide bonds. The van der Waals surface area contributed by atoms with Crippen LogP contribution in [0.25, 0.3) is 0 Å². The van der Waals surface area contributed by atoms with Gasteiger partial charge in [-0.2, -0.15) is 0 Å². The molecule has 1 atom stereocenters. The van der Waals surface area contributed by atoms with E-state index in [0.29, 0.717) is 0 Å². The van der Waals surface area contributed by atoms with Crippen molar-refractivity contribution in [1.82, 2.24) is 0 Å². The second-order valence-electron chi connectivity index (χ2n) is 3.70. The first-order chi connectivity index (χ1) is 6.27. The fourth-order valence-electron chi connectivity index (χ4n) is 1.97. The third-order valence-corrected chi connectivity index (χ3v) is 3.21. The zero-order valence-electron chi connectivity index (χ0n) is 7.59.